The summed E-state index contributed by atoms with van der Waals surface area (Å²) in [7, 11) is 2.25. The number of hydrogen-bond acceptors (Lipinski definition) is 1. The highest BCUT2D eigenvalue weighted by Gasteiger charge is 2.30. The third kappa shape index (κ3) is 0.897. The van der Waals surface area contributed by atoms with Gasteiger partial charge in [-0.1, -0.05) is 19.1 Å². The summed E-state index contributed by atoms with van der Waals surface area (Å²) < 4.78 is 0. The van der Waals surface area contributed by atoms with Crippen molar-refractivity contribution in [3.63, 3.8) is 0 Å². The van der Waals surface area contributed by atoms with E-state index < -0.39 is 0 Å². The van der Waals surface area contributed by atoms with E-state index >= 15 is 0 Å². The van der Waals surface area contributed by atoms with Crippen molar-refractivity contribution < 1.29 is 5.11 Å². The molecule has 0 aromatic heterocycles. The minimum atomic E-state index is -0.102. The first-order valence-electron chi connectivity index (χ1n) is 3.23. The molecule has 1 fully saturated rings. The van der Waals surface area contributed by atoms with Gasteiger partial charge in [-0.2, -0.15) is 0 Å². The molecule has 0 spiro atoms. The van der Waals surface area contributed by atoms with Gasteiger partial charge in [0, 0.05) is 0 Å². The summed E-state index contributed by atoms with van der Waals surface area (Å²) in [6.07, 6.45) is 1.01. The first kappa shape index (κ1) is 6.15. The van der Waals surface area contributed by atoms with E-state index in [9.17, 15) is 0 Å². The Morgan fingerprint density at radius 3 is 2.38 bits per heavy atom. The molecule has 8 heavy (non-hydrogen) atoms. The van der Waals surface area contributed by atoms with Crippen LogP contribution in [0, 0.1) is 5.92 Å². The van der Waals surface area contributed by atoms with E-state index in [1.165, 1.54) is 0 Å². The lowest BCUT2D eigenvalue weighted by atomic mass is 9.42. The molecule has 0 amide bonds. The second kappa shape index (κ2) is 2.10. The number of rotatable bonds is 1. The summed E-state index contributed by atoms with van der Waals surface area (Å²) in [4.78, 5) is 0. The molecule has 1 aliphatic heterocycles. The minimum Gasteiger partial charge on any atom is -0.393 e. The van der Waals surface area contributed by atoms with Crippen molar-refractivity contribution in [1.82, 2.24) is 0 Å². The second-order valence-corrected chi connectivity index (χ2v) is 2.73. The molecule has 45 valence electrons. The molecule has 1 rings (SSSR count). The van der Waals surface area contributed by atoms with Gasteiger partial charge in [-0.15, -0.1) is 0 Å². The zero-order valence-electron chi connectivity index (χ0n) is 5.46. The average molecular weight is 111 g/mol. The molecule has 1 saturated heterocycles. The van der Waals surface area contributed by atoms with E-state index in [1.54, 1.807) is 0 Å². The van der Waals surface area contributed by atoms with Crippen LogP contribution in [0.25, 0.3) is 0 Å². The number of hydrogen-bond donors (Lipinski definition) is 1. The highest BCUT2D eigenvalue weighted by Crippen LogP contribution is 2.35. The van der Waals surface area contributed by atoms with Crippen LogP contribution in [0.3, 0.4) is 0 Å². The largest absolute Gasteiger partial charge is 0.393 e. The molecule has 3 atom stereocenters. The summed E-state index contributed by atoms with van der Waals surface area (Å²) in [6, 6.07) is 0. The van der Waals surface area contributed by atoms with Crippen molar-refractivity contribution in [3.8, 4) is 0 Å². The maximum atomic E-state index is 9.02. The van der Waals surface area contributed by atoms with Gasteiger partial charge in [-0.05, 0) is 12.8 Å². The fraction of sp³-hybridized carbons (Fsp3) is 1.00. The molecule has 1 radical (unpaired) electrons. The number of aliphatic hydroxyl groups is 1. The van der Waals surface area contributed by atoms with Crippen LogP contribution in [-0.4, -0.2) is 18.5 Å². The topological polar surface area (TPSA) is 20.2 Å². The Hall–Kier alpha value is 0.0249. The van der Waals surface area contributed by atoms with Gasteiger partial charge in [0.15, 0.2) is 0 Å². The van der Waals surface area contributed by atoms with Gasteiger partial charge in [-0.25, -0.2) is 0 Å². The van der Waals surface area contributed by atoms with Crippen LogP contribution in [0.2, 0.25) is 12.1 Å². The summed E-state index contributed by atoms with van der Waals surface area (Å²) in [5.74, 6) is 1.20. The Labute approximate surface area is 51.3 Å². The highest BCUT2D eigenvalue weighted by molar-refractivity contribution is 6.41. The smallest absolute Gasteiger partial charge is 0.114 e. The molecule has 0 bridgehead atoms. The standard InChI is InChI=1S/C6H12BO/c1-4-6(3-7-4)5(2)8/h4-6,8H,3H2,1-2H3. The van der Waals surface area contributed by atoms with Crippen molar-refractivity contribution in [2.75, 3.05) is 0 Å². The van der Waals surface area contributed by atoms with Crippen LogP contribution >= 0.6 is 0 Å². The maximum absolute atomic E-state index is 9.02. The molecule has 0 aliphatic carbocycles. The Morgan fingerprint density at radius 2 is 2.38 bits per heavy atom. The third-order valence-corrected chi connectivity index (χ3v) is 2.08. The fourth-order valence-corrected chi connectivity index (χ4v) is 1.20. The first-order valence-corrected chi connectivity index (χ1v) is 3.23. The van der Waals surface area contributed by atoms with Gasteiger partial charge in [0.25, 0.3) is 0 Å². The van der Waals surface area contributed by atoms with Crippen molar-refractivity contribution in [2.45, 2.75) is 32.1 Å². The highest BCUT2D eigenvalue weighted by atomic mass is 16.3. The van der Waals surface area contributed by atoms with E-state index in [-0.39, 0.29) is 6.10 Å². The zero-order valence-corrected chi connectivity index (χ0v) is 5.46. The molecular weight excluding hydrogens is 98.9 g/mol. The molecular formula is C6H12BO. The van der Waals surface area contributed by atoms with Crippen LogP contribution in [0.5, 0.6) is 0 Å². The van der Waals surface area contributed by atoms with Gasteiger partial charge in [0.05, 0.1) is 6.10 Å². The van der Waals surface area contributed by atoms with Gasteiger partial charge in [-0.3, -0.25) is 0 Å². The molecule has 1 N–H and O–H groups in total. The van der Waals surface area contributed by atoms with Crippen LogP contribution in [-0.2, 0) is 0 Å². The van der Waals surface area contributed by atoms with Crippen LogP contribution < -0.4 is 0 Å². The predicted molar refractivity (Wildman–Crippen MR) is 35.2 cm³/mol. The van der Waals surface area contributed by atoms with E-state index in [0.29, 0.717) is 11.7 Å². The van der Waals surface area contributed by atoms with Crippen molar-refractivity contribution in [2.24, 2.45) is 5.92 Å². The normalized spacial score (nSPS) is 39.9. The Kier molecular flexibility index (Phi) is 1.61. The van der Waals surface area contributed by atoms with E-state index in [0.717, 1.165) is 6.32 Å². The van der Waals surface area contributed by atoms with Crippen molar-refractivity contribution in [1.29, 1.82) is 0 Å². The molecule has 3 unspecified atom stereocenters. The monoisotopic (exact) mass is 111 g/mol. The lowest BCUT2D eigenvalue weighted by molar-refractivity contribution is 0.122. The Morgan fingerprint density at radius 1 is 1.75 bits per heavy atom. The molecule has 2 heteroatoms. The van der Waals surface area contributed by atoms with E-state index in [1.807, 2.05) is 6.92 Å². The lowest BCUT2D eigenvalue weighted by Crippen LogP contribution is -2.33. The van der Waals surface area contributed by atoms with Crippen molar-refractivity contribution >= 4 is 7.28 Å². The average Bonchev–Trinajstić information content (AvgIpc) is 1.61. The molecule has 0 saturated carbocycles. The molecule has 0 aromatic carbocycles. The fourth-order valence-electron chi connectivity index (χ4n) is 1.20. The second-order valence-electron chi connectivity index (χ2n) is 2.73. The van der Waals surface area contributed by atoms with Crippen LogP contribution in [0.1, 0.15) is 13.8 Å². The third-order valence-electron chi connectivity index (χ3n) is 2.08. The van der Waals surface area contributed by atoms with Crippen LogP contribution in [0.15, 0.2) is 0 Å². The van der Waals surface area contributed by atoms with Crippen LogP contribution in [0.4, 0.5) is 0 Å². The lowest BCUT2D eigenvalue weighted by Gasteiger charge is -2.35. The minimum absolute atomic E-state index is 0.102. The SMILES string of the molecule is CC(O)C1C[B]C1C. The molecule has 1 aliphatic rings. The Balaban J connectivity index is 2.26. The van der Waals surface area contributed by atoms with Gasteiger partial charge in [0.2, 0.25) is 0 Å². The Bertz CT molecular complexity index is 77.8. The van der Waals surface area contributed by atoms with Gasteiger partial charge < -0.3 is 5.11 Å². The molecule has 0 aromatic rings. The molecule has 1 heterocycles. The summed E-state index contributed by atoms with van der Waals surface area (Å²) in [5, 5.41) is 9.02. The summed E-state index contributed by atoms with van der Waals surface area (Å²) >= 11 is 0. The first-order chi connectivity index (χ1) is 3.72. The van der Waals surface area contributed by atoms with Gasteiger partial charge >= 0.3 is 0 Å². The predicted octanol–water partition coefficient (Wildman–Crippen LogP) is 0.928. The number of aliphatic hydroxyl groups excluding tert-OH is 1. The summed E-state index contributed by atoms with van der Waals surface area (Å²) in [5.41, 5.74) is 0. The van der Waals surface area contributed by atoms with E-state index in [4.69, 9.17) is 5.11 Å². The quantitative estimate of drug-likeness (QED) is 0.499. The van der Waals surface area contributed by atoms with E-state index in [2.05, 4.69) is 14.2 Å². The van der Waals surface area contributed by atoms with Gasteiger partial charge in [0.1, 0.15) is 7.28 Å². The maximum Gasteiger partial charge on any atom is 0.114 e. The zero-order chi connectivity index (χ0) is 6.15. The summed E-state index contributed by atoms with van der Waals surface area (Å²) in [6.45, 7) is 4.02. The molecule has 1 nitrogen and oxygen atoms in total. The van der Waals surface area contributed by atoms with Crippen molar-refractivity contribution in [3.05, 3.63) is 0 Å².